The summed E-state index contributed by atoms with van der Waals surface area (Å²) >= 11 is 0. The van der Waals surface area contributed by atoms with Crippen molar-refractivity contribution in [2.24, 2.45) is 0 Å². The number of rotatable bonds is 4. The van der Waals surface area contributed by atoms with E-state index in [0.717, 1.165) is 50.1 Å². The van der Waals surface area contributed by atoms with Crippen LogP contribution >= 0.6 is 0 Å². The van der Waals surface area contributed by atoms with Crippen molar-refractivity contribution in [3.8, 4) is 5.75 Å². The first-order chi connectivity index (χ1) is 12.8. The average Bonchev–Trinajstić information content (AvgIpc) is 2.70. The zero-order valence-electron chi connectivity index (χ0n) is 14.9. The van der Waals surface area contributed by atoms with Crippen LogP contribution < -0.4 is 0 Å². The molecule has 26 heavy (non-hydrogen) atoms. The molecule has 0 aromatic heterocycles. The Kier molecular flexibility index (Phi) is 5.12. The van der Waals surface area contributed by atoms with Crippen LogP contribution in [-0.4, -0.2) is 29.1 Å². The lowest BCUT2D eigenvalue weighted by atomic mass is 9.87. The summed E-state index contributed by atoms with van der Waals surface area (Å²) < 4.78 is 11.2. The molecule has 3 aliphatic rings. The topological polar surface area (TPSA) is 41.9 Å². The van der Waals surface area contributed by atoms with E-state index in [1.165, 1.54) is 5.57 Å². The minimum atomic E-state index is 0.0820. The maximum Gasteiger partial charge on any atom is 0.160 e. The number of para-hydroxylation sites is 1. The molecule has 4 heteroatoms. The fraction of sp³-hybridized carbons (Fsp3) is 0.364. The molecule has 4 nitrogen and oxygen atoms in total. The lowest BCUT2D eigenvalue weighted by molar-refractivity contribution is 0.131. The van der Waals surface area contributed by atoms with Crippen molar-refractivity contribution >= 4 is 0 Å². The van der Waals surface area contributed by atoms with Crippen molar-refractivity contribution < 1.29 is 14.6 Å². The van der Waals surface area contributed by atoms with Crippen LogP contribution in [0.2, 0.25) is 0 Å². The SMILES string of the molecule is Oc1ccccc1C1CCCN(C(C2=CC=CCC2)C2=COC=CO2)C1. The minimum Gasteiger partial charge on any atom is -0.508 e. The van der Waals surface area contributed by atoms with Gasteiger partial charge in [-0.2, -0.15) is 0 Å². The van der Waals surface area contributed by atoms with E-state index in [1.54, 1.807) is 24.9 Å². The molecule has 1 aliphatic carbocycles. The van der Waals surface area contributed by atoms with Crippen molar-refractivity contribution in [1.29, 1.82) is 0 Å². The summed E-state index contributed by atoms with van der Waals surface area (Å²) in [7, 11) is 0. The standard InChI is InChI=1S/C22H25NO3/c24-20-11-5-4-10-19(20)18-9-6-12-23(15-18)22(17-7-2-1-3-8-17)21-16-25-13-14-26-21/h1-2,4-5,7,10-11,13-14,16,18,22,24H,3,6,8-9,12,15H2. The summed E-state index contributed by atoms with van der Waals surface area (Å²) in [5, 5.41) is 10.3. The molecule has 1 saturated heterocycles. The number of hydrogen-bond acceptors (Lipinski definition) is 4. The third kappa shape index (κ3) is 3.56. The molecule has 0 amide bonds. The van der Waals surface area contributed by atoms with Gasteiger partial charge in [0.1, 0.15) is 24.5 Å². The summed E-state index contributed by atoms with van der Waals surface area (Å²) in [5.41, 5.74) is 2.40. The van der Waals surface area contributed by atoms with Gasteiger partial charge in [-0.05, 0) is 49.4 Å². The lowest BCUT2D eigenvalue weighted by Gasteiger charge is -2.40. The Balaban J connectivity index is 1.60. The number of allylic oxidation sites excluding steroid dienone is 3. The second kappa shape index (κ2) is 7.83. The molecule has 0 saturated carbocycles. The zero-order valence-corrected chi connectivity index (χ0v) is 14.9. The molecule has 1 N–H and O–H groups in total. The van der Waals surface area contributed by atoms with Gasteiger partial charge in [-0.3, -0.25) is 4.90 Å². The molecule has 1 aromatic rings. The molecule has 2 heterocycles. The number of phenolic OH excluding ortho intramolecular Hbond substituents is 1. The van der Waals surface area contributed by atoms with E-state index in [9.17, 15) is 5.11 Å². The van der Waals surface area contributed by atoms with Crippen molar-refractivity contribution in [3.63, 3.8) is 0 Å². The number of ether oxygens (including phenoxy) is 2. The van der Waals surface area contributed by atoms with E-state index >= 15 is 0 Å². The van der Waals surface area contributed by atoms with E-state index in [1.807, 2.05) is 18.2 Å². The normalized spacial score (nSPS) is 24.2. The van der Waals surface area contributed by atoms with Gasteiger partial charge in [-0.25, -0.2) is 0 Å². The third-order valence-corrected chi connectivity index (χ3v) is 5.38. The van der Waals surface area contributed by atoms with Crippen LogP contribution in [0.5, 0.6) is 5.75 Å². The molecule has 0 bridgehead atoms. The molecule has 1 aromatic carbocycles. The first-order valence-electron chi connectivity index (χ1n) is 9.37. The molecule has 2 unspecified atom stereocenters. The van der Waals surface area contributed by atoms with Crippen molar-refractivity contribution in [2.45, 2.75) is 37.6 Å². The van der Waals surface area contributed by atoms with Crippen LogP contribution in [0.3, 0.4) is 0 Å². The van der Waals surface area contributed by atoms with Gasteiger partial charge in [0, 0.05) is 12.5 Å². The molecule has 136 valence electrons. The van der Waals surface area contributed by atoms with Crippen molar-refractivity contribution in [1.82, 2.24) is 4.90 Å². The van der Waals surface area contributed by atoms with Crippen molar-refractivity contribution in [3.05, 3.63) is 78.2 Å². The zero-order chi connectivity index (χ0) is 17.8. The second-order valence-corrected chi connectivity index (χ2v) is 7.05. The number of likely N-dealkylation sites (tertiary alicyclic amines) is 1. The minimum absolute atomic E-state index is 0.0820. The Morgan fingerprint density at radius 2 is 2.12 bits per heavy atom. The quantitative estimate of drug-likeness (QED) is 0.862. The fourth-order valence-electron chi connectivity index (χ4n) is 4.18. The largest absolute Gasteiger partial charge is 0.508 e. The molecular weight excluding hydrogens is 326 g/mol. The summed E-state index contributed by atoms with van der Waals surface area (Å²) in [4.78, 5) is 2.47. The van der Waals surface area contributed by atoms with E-state index in [0.29, 0.717) is 11.7 Å². The first-order valence-corrected chi connectivity index (χ1v) is 9.37. The number of piperidine rings is 1. The molecule has 0 spiro atoms. The summed E-state index contributed by atoms with van der Waals surface area (Å²) in [6.45, 7) is 1.91. The monoisotopic (exact) mass is 351 g/mol. The predicted octanol–water partition coefficient (Wildman–Crippen LogP) is 4.58. The van der Waals surface area contributed by atoms with Crippen LogP contribution in [0.4, 0.5) is 0 Å². The van der Waals surface area contributed by atoms with Crippen LogP contribution in [0, 0.1) is 0 Å². The Morgan fingerprint density at radius 3 is 2.88 bits per heavy atom. The highest BCUT2D eigenvalue weighted by molar-refractivity contribution is 5.36. The number of aromatic hydroxyl groups is 1. The molecule has 0 radical (unpaired) electrons. The Hall–Kier alpha value is -2.46. The van der Waals surface area contributed by atoms with Crippen LogP contribution in [0.25, 0.3) is 0 Å². The molecule has 2 aliphatic heterocycles. The van der Waals surface area contributed by atoms with Gasteiger partial charge in [-0.15, -0.1) is 0 Å². The number of hydrogen-bond donors (Lipinski definition) is 1. The summed E-state index contributed by atoms with van der Waals surface area (Å²) in [6, 6.07) is 7.80. The van der Waals surface area contributed by atoms with E-state index in [-0.39, 0.29) is 6.04 Å². The van der Waals surface area contributed by atoms with Gasteiger partial charge >= 0.3 is 0 Å². The summed E-state index contributed by atoms with van der Waals surface area (Å²) in [6.07, 6.45) is 15.7. The van der Waals surface area contributed by atoms with Gasteiger partial charge < -0.3 is 14.6 Å². The smallest absolute Gasteiger partial charge is 0.160 e. The first kappa shape index (κ1) is 17.0. The van der Waals surface area contributed by atoms with Crippen LogP contribution in [0.15, 0.2) is 72.6 Å². The maximum atomic E-state index is 10.3. The lowest BCUT2D eigenvalue weighted by Crippen LogP contribution is -2.44. The second-order valence-electron chi connectivity index (χ2n) is 7.05. The highest BCUT2D eigenvalue weighted by atomic mass is 16.5. The number of nitrogens with zero attached hydrogens (tertiary/aromatic N) is 1. The van der Waals surface area contributed by atoms with Gasteiger partial charge in [0.15, 0.2) is 5.76 Å². The van der Waals surface area contributed by atoms with Gasteiger partial charge in [0.05, 0.1) is 6.04 Å². The molecule has 1 fully saturated rings. The van der Waals surface area contributed by atoms with E-state index in [2.05, 4.69) is 23.1 Å². The van der Waals surface area contributed by atoms with Gasteiger partial charge in [-0.1, -0.05) is 36.4 Å². The third-order valence-electron chi connectivity index (χ3n) is 5.38. The molecular formula is C22H25NO3. The number of benzene rings is 1. The summed E-state index contributed by atoms with van der Waals surface area (Å²) in [5.74, 6) is 1.56. The molecule has 2 atom stereocenters. The Bertz CT molecular complexity index is 762. The Morgan fingerprint density at radius 1 is 1.19 bits per heavy atom. The van der Waals surface area contributed by atoms with Gasteiger partial charge in [0.2, 0.25) is 0 Å². The van der Waals surface area contributed by atoms with Crippen LogP contribution in [0.1, 0.15) is 37.2 Å². The Labute approximate surface area is 154 Å². The highest BCUT2D eigenvalue weighted by Crippen LogP contribution is 2.36. The predicted molar refractivity (Wildman–Crippen MR) is 101 cm³/mol. The van der Waals surface area contributed by atoms with Gasteiger partial charge in [0.25, 0.3) is 0 Å². The maximum absolute atomic E-state index is 10.3. The van der Waals surface area contributed by atoms with E-state index < -0.39 is 0 Å². The number of phenols is 1. The highest BCUT2D eigenvalue weighted by Gasteiger charge is 2.33. The van der Waals surface area contributed by atoms with Crippen LogP contribution in [-0.2, 0) is 9.47 Å². The van der Waals surface area contributed by atoms with E-state index in [4.69, 9.17) is 9.47 Å². The fourth-order valence-corrected chi connectivity index (χ4v) is 4.18. The molecule has 4 rings (SSSR count). The average molecular weight is 351 g/mol. The van der Waals surface area contributed by atoms with Crippen molar-refractivity contribution in [2.75, 3.05) is 13.1 Å².